The average Bonchev–Trinajstić information content (AvgIpc) is 2.81. The van der Waals surface area contributed by atoms with Gasteiger partial charge in [0, 0.05) is 18.6 Å². The zero-order chi connectivity index (χ0) is 14.5. The molecule has 1 aromatic heterocycles. The van der Waals surface area contributed by atoms with Crippen LogP contribution in [-0.4, -0.2) is 22.1 Å². The lowest BCUT2D eigenvalue weighted by Gasteiger charge is -2.06. The van der Waals surface area contributed by atoms with Crippen molar-refractivity contribution in [3.8, 4) is 5.75 Å². The number of esters is 1. The molecule has 0 spiro atoms. The minimum absolute atomic E-state index is 0.190. The Labute approximate surface area is 113 Å². The molecule has 0 radical (unpaired) electrons. The Morgan fingerprint density at radius 1 is 1.25 bits per heavy atom. The summed E-state index contributed by atoms with van der Waals surface area (Å²) in [4.78, 5) is 33.7. The molecule has 1 aromatic carbocycles. The Balaban J connectivity index is 2.01. The summed E-state index contributed by atoms with van der Waals surface area (Å²) in [5.41, 5.74) is 0.673. The second-order valence-electron chi connectivity index (χ2n) is 4.09. The molecule has 0 bridgehead atoms. The maximum Gasteiger partial charge on any atom is 0.308 e. The number of carbonyl (C=O) groups excluding carboxylic acids is 2. The van der Waals surface area contributed by atoms with Gasteiger partial charge in [-0.25, -0.2) is 0 Å². The van der Waals surface area contributed by atoms with Crippen molar-refractivity contribution < 1.29 is 14.3 Å². The van der Waals surface area contributed by atoms with E-state index in [0.29, 0.717) is 17.0 Å². The molecule has 1 heterocycles. The third kappa shape index (κ3) is 3.58. The van der Waals surface area contributed by atoms with E-state index in [0.717, 1.165) is 0 Å². The van der Waals surface area contributed by atoms with E-state index in [1.165, 1.54) is 19.1 Å². The third-order valence-corrected chi connectivity index (χ3v) is 2.45. The fourth-order valence-electron chi connectivity index (χ4n) is 1.61. The van der Waals surface area contributed by atoms with Crippen molar-refractivity contribution in [3.63, 3.8) is 0 Å². The molecular weight excluding hydrogens is 262 g/mol. The third-order valence-electron chi connectivity index (χ3n) is 2.45. The number of carbonyl (C=O) groups is 2. The second kappa shape index (κ2) is 5.87. The molecule has 0 atom stereocenters. The Kier molecular flexibility index (Phi) is 3.99. The molecule has 1 amide bonds. The van der Waals surface area contributed by atoms with Crippen LogP contribution < -0.4 is 15.6 Å². The molecule has 0 aliphatic heterocycles. The van der Waals surface area contributed by atoms with Crippen LogP contribution in [0.15, 0.2) is 35.1 Å². The zero-order valence-corrected chi connectivity index (χ0v) is 10.7. The molecule has 2 rings (SSSR count). The summed E-state index contributed by atoms with van der Waals surface area (Å²) >= 11 is 0. The molecule has 2 aromatic rings. The largest absolute Gasteiger partial charge is 0.427 e. The molecule has 104 valence electrons. The van der Waals surface area contributed by atoms with Crippen molar-refractivity contribution >= 4 is 11.9 Å². The van der Waals surface area contributed by atoms with Crippen LogP contribution in [0.3, 0.4) is 0 Å². The van der Waals surface area contributed by atoms with E-state index in [1.54, 1.807) is 18.2 Å². The normalized spacial score (nSPS) is 10.1. The summed E-state index contributed by atoms with van der Waals surface area (Å²) in [5.74, 6) is -0.478. The van der Waals surface area contributed by atoms with E-state index in [-0.39, 0.29) is 18.0 Å². The minimum Gasteiger partial charge on any atom is -0.427 e. The van der Waals surface area contributed by atoms with Gasteiger partial charge in [-0.15, -0.1) is 0 Å². The summed E-state index contributed by atoms with van der Waals surface area (Å²) in [6.45, 7) is 1.48. The molecule has 0 saturated heterocycles. The van der Waals surface area contributed by atoms with Gasteiger partial charge in [0.05, 0.1) is 12.2 Å². The van der Waals surface area contributed by atoms with Crippen molar-refractivity contribution in [2.45, 2.75) is 13.5 Å². The van der Waals surface area contributed by atoms with Crippen LogP contribution in [0.25, 0.3) is 0 Å². The van der Waals surface area contributed by atoms with E-state index < -0.39 is 5.97 Å². The van der Waals surface area contributed by atoms with Crippen molar-refractivity contribution in [3.05, 3.63) is 51.9 Å². The Hall–Kier alpha value is -2.83. The van der Waals surface area contributed by atoms with Crippen LogP contribution >= 0.6 is 0 Å². The standard InChI is InChI=1S/C13H13N3O4/c1-8(17)20-11-4-2-3-9(5-11)13(19)14-7-10-6-12(18)16-15-10/h2-6H,7H2,1H3,(H,14,19)(H2,15,16,18). The van der Waals surface area contributed by atoms with Crippen LogP contribution in [-0.2, 0) is 11.3 Å². The summed E-state index contributed by atoms with van der Waals surface area (Å²) < 4.78 is 4.90. The van der Waals surface area contributed by atoms with Gasteiger partial charge in [-0.2, -0.15) is 0 Å². The van der Waals surface area contributed by atoms with Gasteiger partial charge in [0.2, 0.25) is 0 Å². The fourth-order valence-corrected chi connectivity index (χ4v) is 1.61. The number of nitrogens with one attached hydrogen (secondary N) is 3. The summed E-state index contributed by atoms with van der Waals surface area (Å²) in [6, 6.07) is 7.63. The highest BCUT2D eigenvalue weighted by atomic mass is 16.5. The maximum atomic E-state index is 11.9. The monoisotopic (exact) mass is 275 g/mol. The van der Waals surface area contributed by atoms with Crippen LogP contribution in [0.4, 0.5) is 0 Å². The highest BCUT2D eigenvalue weighted by Gasteiger charge is 2.08. The van der Waals surface area contributed by atoms with Crippen molar-refractivity contribution in [1.82, 2.24) is 15.5 Å². The average molecular weight is 275 g/mol. The van der Waals surface area contributed by atoms with Crippen LogP contribution in [0.1, 0.15) is 23.0 Å². The Bertz CT molecular complexity index is 687. The van der Waals surface area contributed by atoms with Gasteiger partial charge < -0.3 is 15.2 Å². The molecule has 0 unspecified atom stereocenters. The summed E-state index contributed by atoms with van der Waals surface area (Å²) in [6.07, 6.45) is 0. The van der Waals surface area contributed by atoms with Crippen LogP contribution in [0, 0.1) is 0 Å². The molecule has 7 heteroatoms. The number of ether oxygens (including phenoxy) is 1. The van der Waals surface area contributed by atoms with Gasteiger partial charge in [0.15, 0.2) is 0 Å². The van der Waals surface area contributed by atoms with Gasteiger partial charge in [-0.3, -0.25) is 19.5 Å². The molecule has 0 fully saturated rings. The Morgan fingerprint density at radius 2 is 2.05 bits per heavy atom. The predicted molar refractivity (Wildman–Crippen MR) is 70.3 cm³/mol. The number of aromatic amines is 2. The van der Waals surface area contributed by atoms with E-state index in [2.05, 4.69) is 15.5 Å². The second-order valence-corrected chi connectivity index (χ2v) is 4.09. The Morgan fingerprint density at radius 3 is 2.70 bits per heavy atom. The number of aromatic nitrogens is 2. The van der Waals surface area contributed by atoms with Crippen molar-refractivity contribution in [2.24, 2.45) is 0 Å². The molecule has 3 N–H and O–H groups in total. The lowest BCUT2D eigenvalue weighted by Crippen LogP contribution is -2.23. The predicted octanol–water partition coefficient (Wildman–Crippen LogP) is 0.558. The number of rotatable bonds is 4. The van der Waals surface area contributed by atoms with Gasteiger partial charge in [-0.1, -0.05) is 6.07 Å². The van der Waals surface area contributed by atoms with Gasteiger partial charge in [0.25, 0.3) is 11.5 Å². The molecule has 0 saturated carbocycles. The van der Waals surface area contributed by atoms with Crippen LogP contribution in [0.5, 0.6) is 5.75 Å². The van der Waals surface area contributed by atoms with Gasteiger partial charge in [-0.05, 0) is 18.2 Å². The first-order chi connectivity index (χ1) is 9.54. The smallest absolute Gasteiger partial charge is 0.308 e. The first kappa shape index (κ1) is 13.6. The van der Waals surface area contributed by atoms with E-state index in [4.69, 9.17) is 4.74 Å². The number of hydrogen-bond acceptors (Lipinski definition) is 4. The van der Waals surface area contributed by atoms with Crippen LogP contribution in [0.2, 0.25) is 0 Å². The highest BCUT2D eigenvalue weighted by Crippen LogP contribution is 2.13. The van der Waals surface area contributed by atoms with E-state index >= 15 is 0 Å². The minimum atomic E-state index is -0.451. The fraction of sp³-hybridized carbons (Fsp3) is 0.154. The summed E-state index contributed by atoms with van der Waals surface area (Å²) in [7, 11) is 0. The number of benzene rings is 1. The molecular formula is C13H13N3O4. The quantitative estimate of drug-likeness (QED) is 0.560. The topological polar surface area (TPSA) is 104 Å². The summed E-state index contributed by atoms with van der Waals surface area (Å²) in [5, 5.41) is 7.64. The number of amides is 1. The van der Waals surface area contributed by atoms with Crippen molar-refractivity contribution in [2.75, 3.05) is 0 Å². The van der Waals surface area contributed by atoms with Crippen molar-refractivity contribution in [1.29, 1.82) is 0 Å². The molecule has 0 aliphatic rings. The first-order valence-electron chi connectivity index (χ1n) is 5.88. The maximum absolute atomic E-state index is 11.9. The first-order valence-corrected chi connectivity index (χ1v) is 5.88. The van der Waals surface area contributed by atoms with Gasteiger partial charge in [0.1, 0.15) is 5.75 Å². The van der Waals surface area contributed by atoms with Gasteiger partial charge >= 0.3 is 5.97 Å². The number of hydrogen-bond donors (Lipinski definition) is 3. The van der Waals surface area contributed by atoms with E-state index in [1.807, 2.05) is 0 Å². The zero-order valence-electron chi connectivity index (χ0n) is 10.7. The molecule has 7 nitrogen and oxygen atoms in total. The lowest BCUT2D eigenvalue weighted by atomic mass is 10.2. The molecule has 0 aliphatic carbocycles. The molecule has 20 heavy (non-hydrogen) atoms. The number of H-pyrrole nitrogens is 2. The SMILES string of the molecule is CC(=O)Oc1cccc(C(=O)NCc2cc(=O)[nH][nH]2)c1. The van der Waals surface area contributed by atoms with E-state index in [9.17, 15) is 14.4 Å². The lowest BCUT2D eigenvalue weighted by molar-refractivity contribution is -0.131. The highest BCUT2D eigenvalue weighted by molar-refractivity contribution is 5.94.